The normalized spacial score (nSPS) is 14.6. The predicted molar refractivity (Wildman–Crippen MR) is 145 cm³/mol. The van der Waals surface area contributed by atoms with Crippen molar-refractivity contribution in [1.82, 2.24) is 5.01 Å². The first-order valence-electron chi connectivity index (χ1n) is 11.7. The third kappa shape index (κ3) is 3.67. The minimum Gasteiger partial charge on any atom is -0.281 e. The van der Waals surface area contributed by atoms with Crippen LogP contribution in [0.15, 0.2) is 131 Å². The van der Waals surface area contributed by atoms with Crippen LogP contribution in [-0.2, 0) is 4.79 Å². The molecule has 0 spiro atoms. The van der Waals surface area contributed by atoms with Crippen LogP contribution in [-0.4, -0.2) is 23.7 Å². The Morgan fingerprint density at radius 1 is 0.743 bits per heavy atom. The van der Waals surface area contributed by atoms with Crippen LogP contribution in [0.25, 0.3) is 11.3 Å². The minimum absolute atomic E-state index is 0.00126. The number of amides is 1. The maximum absolute atomic E-state index is 14.5. The van der Waals surface area contributed by atoms with Crippen molar-refractivity contribution in [3.63, 3.8) is 0 Å². The SMILES string of the molecule is CN(c1ccccc1)N1C(=O)C(=C(c2ccccc2)c2ccccc2)C2=C1c1ccccc1SC2. The highest BCUT2D eigenvalue weighted by molar-refractivity contribution is 7.99. The number of hydrogen-bond acceptors (Lipinski definition) is 3. The van der Waals surface area contributed by atoms with E-state index in [1.807, 2.05) is 83.8 Å². The number of rotatable bonds is 4. The smallest absolute Gasteiger partial charge is 0.278 e. The second kappa shape index (κ2) is 8.97. The zero-order chi connectivity index (χ0) is 23.8. The van der Waals surface area contributed by atoms with Crippen LogP contribution in [0.2, 0.25) is 0 Å². The Morgan fingerprint density at radius 3 is 1.91 bits per heavy atom. The highest BCUT2D eigenvalue weighted by atomic mass is 32.2. The second-order valence-electron chi connectivity index (χ2n) is 8.57. The average molecular weight is 473 g/mol. The van der Waals surface area contributed by atoms with E-state index in [-0.39, 0.29) is 5.91 Å². The quantitative estimate of drug-likeness (QED) is 0.302. The van der Waals surface area contributed by atoms with Crippen LogP contribution in [0, 0.1) is 0 Å². The molecule has 0 unspecified atom stereocenters. The fourth-order valence-electron chi connectivity index (χ4n) is 4.91. The fraction of sp³-hybridized carbons (Fsp3) is 0.0645. The van der Waals surface area contributed by atoms with E-state index in [0.717, 1.165) is 50.5 Å². The molecule has 0 saturated heterocycles. The molecule has 1 amide bonds. The molecule has 0 atom stereocenters. The van der Waals surface area contributed by atoms with Gasteiger partial charge in [0.2, 0.25) is 0 Å². The summed E-state index contributed by atoms with van der Waals surface area (Å²) >= 11 is 1.80. The van der Waals surface area contributed by atoms with Gasteiger partial charge in [-0.2, -0.15) is 0 Å². The Balaban J connectivity index is 1.65. The van der Waals surface area contributed by atoms with Gasteiger partial charge in [-0.3, -0.25) is 9.80 Å². The Hall–Kier alpha value is -4.02. The van der Waals surface area contributed by atoms with E-state index in [9.17, 15) is 4.79 Å². The molecule has 2 heterocycles. The molecule has 35 heavy (non-hydrogen) atoms. The van der Waals surface area contributed by atoms with Crippen LogP contribution >= 0.6 is 11.8 Å². The predicted octanol–water partition coefficient (Wildman–Crippen LogP) is 6.90. The maximum Gasteiger partial charge on any atom is 0.278 e. The van der Waals surface area contributed by atoms with Gasteiger partial charge in [0.05, 0.1) is 17.0 Å². The third-order valence-electron chi connectivity index (χ3n) is 6.52. The van der Waals surface area contributed by atoms with E-state index in [4.69, 9.17) is 0 Å². The van der Waals surface area contributed by atoms with Crippen molar-refractivity contribution < 1.29 is 4.79 Å². The number of carbonyl (C=O) groups excluding carboxylic acids is 1. The third-order valence-corrected chi connectivity index (χ3v) is 7.62. The van der Waals surface area contributed by atoms with Gasteiger partial charge in [0, 0.05) is 34.4 Å². The summed E-state index contributed by atoms with van der Waals surface area (Å²) in [5.41, 5.74) is 7.98. The van der Waals surface area contributed by atoms with Crippen LogP contribution in [0.1, 0.15) is 16.7 Å². The summed E-state index contributed by atoms with van der Waals surface area (Å²) in [5, 5.41) is 3.84. The van der Waals surface area contributed by atoms with Crippen molar-refractivity contribution in [2.24, 2.45) is 0 Å². The molecule has 0 radical (unpaired) electrons. The summed E-state index contributed by atoms with van der Waals surface area (Å²) in [6, 6.07) is 39.0. The summed E-state index contributed by atoms with van der Waals surface area (Å²) < 4.78 is 0. The molecule has 170 valence electrons. The van der Waals surface area contributed by atoms with Crippen LogP contribution in [0.4, 0.5) is 5.69 Å². The molecule has 0 saturated carbocycles. The van der Waals surface area contributed by atoms with Crippen molar-refractivity contribution in [1.29, 1.82) is 0 Å². The van der Waals surface area contributed by atoms with Gasteiger partial charge in [0.25, 0.3) is 5.91 Å². The lowest BCUT2D eigenvalue weighted by Gasteiger charge is -2.33. The number of hydrogen-bond donors (Lipinski definition) is 0. The van der Waals surface area contributed by atoms with E-state index in [0.29, 0.717) is 0 Å². The van der Waals surface area contributed by atoms with Gasteiger partial charge in [0.1, 0.15) is 0 Å². The molecule has 0 fully saturated rings. The number of benzene rings is 4. The van der Waals surface area contributed by atoms with E-state index in [1.165, 1.54) is 4.90 Å². The zero-order valence-corrected chi connectivity index (χ0v) is 20.2. The Bertz CT molecular complexity index is 1420. The number of hydrazine groups is 1. The fourth-order valence-corrected chi connectivity index (χ4v) is 5.98. The summed E-state index contributed by atoms with van der Waals surface area (Å²) in [5.74, 6) is 0.747. The topological polar surface area (TPSA) is 23.6 Å². The zero-order valence-electron chi connectivity index (χ0n) is 19.4. The average Bonchev–Trinajstić information content (AvgIpc) is 3.22. The standard InChI is InChI=1S/C31H24N2OS/c1-32(24-17-9-4-10-18-24)33-30-25-19-11-12-20-27(25)35-21-26(30)29(31(33)34)28(22-13-5-2-6-14-22)23-15-7-3-8-16-23/h2-20H,21H2,1H3. The number of thioether (sulfide) groups is 1. The number of para-hydroxylation sites is 1. The van der Waals surface area contributed by atoms with Crippen LogP contribution < -0.4 is 5.01 Å². The number of anilines is 1. The van der Waals surface area contributed by atoms with Crippen molar-refractivity contribution in [3.05, 3.63) is 143 Å². The molecule has 4 aromatic rings. The van der Waals surface area contributed by atoms with Gasteiger partial charge in [-0.15, -0.1) is 11.8 Å². The molecule has 4 aromatic carbocycles. The minimum atomic E-state index is 0.00126. The van der Waals surface area contributed by atoms with E-state index in [1.54, 1.807) is 11.8 Å². The van der Waals surface area contributed by atoms with Gasteiger partial charge in [-0.25, -0.2) is 5.01 Å². The number of carbonyl (C=O) groups is 1. The highest BCUT2D eigenvalue weighted by Crippen LogP contribution is 2.49. The first-order chi connectivity index (χ1) is 17.2. The molecule has 0 bridgehead atoms. The van der Waals surface area contributed by atoms with Gasteiger partial charge in [0.15, 0.2) is 0 Å². The molecule has 0 N–H and O–H groups in total. The Labute approximate surface area is 210 Å². The lowest BCUT2D eigenvalue weighted by molar-refractivity contribution is -0.123. The van der Waals surface area contributed by atoms with Gasteiger partial charge >= 0.3 is 0 Å². The molecule has 2 aliphatic rings. The van der Waals surface area contributed by atoms with E-state index in [2.05, 4.69) is 48.5 Å². The van der Waals surface area contributed by atoms with Gasteiger partial charge in [-0.05, 0) is 29.3 Å². The Kier molecular flexibility index (Phi) is 5.51. The maximum atomic E-state index is 14.5. The monoisotopic (exact) mass is 472 g/mol. The summed E-state index contributed by atoms with van der Waals surface area (Å²) in [6.07, 6.45) is 0. The second-order valence-corrected chi connectivity index (χ2v) is 9.59. The van der Waals surface area contributed by atoms with E-state index < -0.39 is 0 Å². The van der Waals surface area contributed by atoms with Crippen molar-refractivity contribution in [2.75, 3.05) is 17.8 Å². The van der Waals surface area contributed by atoms with Crippen molar-refractivity contribution >= 4 is 34.6 Å². The largest absolute Gasteiger partial charge is 0.281 e. The molecular formula is C31H24N2OS. The lowest BCUT2D eigenvalue weighted by Crippen LogP contribution is -2.41. The molecular weight excluding hydrogens is 448 g/mol. The molecule has 0 aromatic heterocycles. The summed E-state index contributed by atoms with van der Waals surface area (Å²) in [4.78, 5) is 15.7. The van der Waals surface area contributed by atoms with Crippen molar-refractivity contribution in [3.8, 4) is 0 Å². The Morgan fingerprint density at radius 2 is 1.29 bits per heavy atom. The van der Waals surface area contributed by atoms with Gasteiger partial charge in [-0.1, -0.05) is 97.1 Å². The number of nitrogens with zero attached hydrogens (tertiary/aromatic N) is 2. The molecule has 4 heteroatoms. The van der Waals surface area contributed by atoms with Crippen LogP contribution in [0.3, 0.4) is 0 Å². The van der Waals surface area contributed by atoms with Crippen molar-refractivity contribution in [2.45, 2.75) is 4.90 Å². The highest BCUT2D eigenvalue weighted by Gasteiger charge is 2.42. The molecule has 6 rings (SSSR count). The number of fused-ring (bicyclic) bond motifs is 2. The first kappa shape index (κ1) is 21.5. The van der Waals surface area contributed by atoms with Crippen LogP contribution in [0.5, 0.6) is 0 Å². The first-order valence-corrected chi connectivity index (χ1v) is 12.7. The molecule has 2 aliphatic heterocycles. The summed E-state index contributed by atoms with van der Waals surface area (Å²) in [7, 11) is 1.97. The molecule has 3 nitrogen and oxygen atoms in total. The van der Waals surface area contributed by atoms with Gasteiger partial charge < -0.3 is 0 Å². The molecule has 0 aliphatic carbocycles. The van der Waals surface area contributed by atoms with E-state index >= 15 is 0 Å². The summed E-state index contributed by atoms with van der Waals surface area (Å²) in [6.45, 7) is 0. The lowest BCUT2D eigenvalue weighted by atomic mass is 9.89.